The van der Waals surface area contributed by atoms with Gasteiger partial charge in [-0.3, -0.25) is 14.6 Å². The molecule has 0 aromatic heterocycles. The normalized spacial score (nSPS) is 34.7. The van der Waals surface area contributed by atoms with Crippen molar-refractivity contribution in [1.82, 2.24) is 15.1 Å². The first-order chi connectivity index (χ1) is 15.2. The Labute approximate surface area is 186 Å². The fourth-order valence-electron chi connectivity index (χ4n) is 5.92. The van der Waals surface area contributed by atoms with Gasteiger partial charge in [0.15, 0.2) is 0 Å². The predicted octanol–water partition coefficient (Wildman–Crippen LogP) is 2.78. The first-order valence-electron chi connectivity index (χ1n) is 12.3. The number of likely N-dealkylation sites (tertiary alicyclic amines) is 1. The molecule has 1 aromatic rings. The Hall–Kier alpha value is -1.63. The molecule has 3 fully saturated rings. The number of nitrogens with zero attached hydrogens (tertiary/aromatic N) is 2. The molecule has 2 saturated heterocycles. The fraction of sp³-hybridized carbons (Fsp3) is 0.720. The molecule has 0 radical (unpaired) electrons. The highest BCUT2D eigenvalue weighted by molar-refractivity contribution is 5.83. The Bertz CT molecular complexity index is 764. The lowest BCUT2D eigenvalue weighted by molar-refractivity contribution is -0.132. The van der Waals surface area contributed by atoms with Crippen molar-refractivity contribution in [3.8, 4) is 5.75 Å². The Kier molecular flexibility index (Phi) is 6.49. The number of carbonyl (C=O) groups excluding carboxylic acids is 1. The molecule has 3 atom stereocenters. The third-order valence-corrected chi connectivity index (χ3v) is 7.98. The van der Waals surface area contributed by atoms with Gasteiger partial charge in [-0.1, -0.05) is 18.2 Å². The third kappa shape index (κ3) is 4.62. The largest absolute Gasteiger partial charge is 0.492 e. The van der Waals surface area contributed by atoms with Gasteiger partial charge in [0.25, 0.3) is 0 Å². The lowest BCUT2D eigenvalue weighted by atomic mass is 9.82. The van der Waals surface area contributed by atoms with Gasteiger partial charge >= 0.3 is 0 Å². The topological polar surface area (TPSA) is 54.0 Å². The summed E-state index contributed by atoms with van der Waals surface area (Å²) in [6.45, 7) is 4.31. The molecule has 6 heteroatoms. The predicted molar refractivity (Wildman–Crippen MR) is 120 cm³/mol. The van der Waals surface area contributed by atoms with Crippen molar-refractivity contribution in [2.24, 2.45) is 0 Å². The summed E-state index contributed by atoms with van der Waals surface area (Å²) in [5.74, 6) is 1.82. The van der Waals surface area contributed by atoms with Gasteiger partial charge in [0.2, 0.25) is 5.91 Å². The van der Waals surface area contributed by atoms with E-state index in [4.69, 9.17) is 9.47 Å². The number of rotatable bonds is 2. The van der Waals surface area contributed by atoms with Crippen molar-refractivity contribution in [1.29, 1.82) is 0 Å². The maximum absolute atomic E-state index is 12.8. The fourth-order valence-corrected chi connectivity index (χ4v) is 5.92. The Morgan fingerprint density at radius 2 is 1.87 bits per heavy atom. The Balaban J connectivity index is 1.32. The first kappa shape index (κ1) is 21.2. The number of hydrogen-bond acceptors (Lipinski definition) is 5. The molecule has 170 valence electrons. The molecule has 1 aromatic carbocycles. The van der Waals surface area contributed by atoms with E-state index in [9.17, 15) is 4.79 Å². The summed E-state index contributed by atoms with van der Waals surface area (Å²) < 4.78 is 12.8. The van der Waals surface area contributed by atoms with Crippen LogP contribution in [0.5, 0.6) is 5.75 Å². The van der Waals surface area contributed by atoms with Gasteiger partial charge in [0, 0.05) is 19.1 Å². The highest BCUT2D eigenvalue weighted by atomic mass is 16.5. The summed E-state index contributed by atoms with van der Waals surface area (Å²) in [5.41, 5.74) is 1.37. The number of carbonyl (C=O) groups is 1. The lowest BCUT2D eigenvalue weighted by Crippen LogP contribution is -2.62. The minimum atomic E-state index is 0.0427. The van der Waals surface area contributed by atoms with Crippen LogP contribution >= 0.6 is 0 Å². The number of nitrogens with one attached hydrogen (secondary N) is 1. The molecule has 31 heavy (non-hydrogen) atoms. The molecule has 5 aliphatic rings. The van der Waals surface area contributed by atoms with Crippen molar-refractivity contribution in [2.45, 2.75) is 75.1 Å². The van der Waals surface area contributed by atoms with Crippen molar-refractivity contribution >= 4 is 5.91 Å². The molecule has 4 heterocycles. The zero-order valence-corrected chi connectivity index (χ0v) is 18.8. The number of likely N-dealkylation sites (N-methyl/N-ethyl adjacent to an activating group) is 1. The van der Waals surface area contributed by atoms with E-state index < -0.39 is 0 Å². The van der Waals surface area contributed by atoms with E-state index in [0.29, 0.717) is 25.2 Å². The third-order valence-electron chi connectivity index (χ3n) is 7.98. The van der Waals surface area contributed by atoms with Crippen LogP contribution in [-0.2, 0) is 9.53 Å². The second-order valence-corrected chi connectivity index (χ2v) is 9.84. The van der Waals surface area contributed by atoms with Crippen molar-refractivity contribution in [2.75, 3.05) is 39.9 Å². The summed E-state index contributed by atoms with van der Waals surface area (Å²) in [6, 6.07) is 9.01. The number of piperidine rings is 1. The standard InChI is InChI=1S/C25H37N3O3/c1-27-14-12-22(27)25(29)26-21-6-4-13-28-15-16-30-24-7-3-2-5-20(24)18-8-10-19(11-9-18)31-17-23(21)28/h2-3,5,7,18-19,21-23H,4,6,8-17H2,1H3,(H,26,29)/t18?,19?,21-,22-,23-/m0/s1. The van der Waals surface area contributed by atoms with Gasteiger partial charge in [-0.25, -0.2) is 0 Å². The molecular weight excluding hydrogens is 390 g/mol. The van der Waals surface area contributed by atoms with Crippen molar-refractivity contribution < 1.29 is 14.3 Å². The molecule has 4 aliphatic heterocycles. The van der Waals surface area contributed by atoms with Gasteiger partial charge in [-0.05, 0) is 76.1 Å². The highest BCUT2D eigenvalue weighted by Crippen LogP contribution is 2.38. The van der Waals surface area contributed by atoms with E-state index in [-0.39, 0.29) is 24.0 Å². The van der Waals surface area contributed by atoms with Gasteiger partial charge in [-0.15, -0.1) is 0 Å². The molecule has 0 unspecified atom stereocenters. The second kappa shape index (κ2) is 9.47. The summed E-state index contributed by atoms with van der Waals surface area (Å²) in [5, 5.41) is 3.39. The minimum Gasteiger partial charge on any atom is -0.492 e. The smallest absolute Gasteiger partial charge is 0.237 e. The van der Waals surface area contributed by atoms with Gasteiger partial charge < -0.3 is 14.8 Å². The number of fused-ring (bicyclic) bond motifs is 5. The van der Waals surface area contributed by atoms with Crippen LogP contribution in [-0.4, -0.2) is 79.8 Å². The summed E-state index contributed by atoms with van der Waals surface area (Å²) in [7, 11) is 2.04. The zero-order valence-electron chi connectivity index (χ0n) is 18.8. The van der Waals surface area contributed by atoms with Crippen molar-refractivity contribution in [3.63, 3.8) is 0 Å². The molecule has 1 N–H and O–H groups in total. The molecular formula is C25H37N3O3. The molecule has 0 spiro atoms. The number of para-hydroxylation sites is 1. The van der Waals surface area contributed by atoms with Gasteiger partial charge in [0.05, 0.1) is 24.8 Å². The Morgan fingerprint density at radius 3 is 2.65 bits per heavy atom. The van der Waals surface area contributed by atoms with Crippen LogP contribution in [0.2, 0.25) is 0 Å². The van der Waals surface area contributed by atoms with E-state index in [2.05, 4.69) is 39.4 Å². The molecule has 1 aliphatic carbocycles. The second-order valence-electron chi connectivity index (χ2n) is 9.84. The average molecular weight is 428 g/mol. The monoisotopic (exact) mass is 427 g/mol. The first-order valence-corrected chi connectivity index (χ1v) is 12.3. The van der Waals surface area contributed by atoms with E-state index >= 15 is 0 Å². The van der Waals surface area contributed by atoms with Crippen LogP contribution in [0.1, 0.15) is 56.4 Å². The van der Waals surface area contributed by atoms with Crippen molar-refractivity contribution in [3.05, 3.63) is 29.8 Å². The van der Waals surface area contributed by atoms with Crippen LogP contribution in [0.3, 0.4) is 0 Å². The van der Waals surface area contributed by atoms with E-state index in [1.54, 1.807) is 0 Å². The lowest BCUT2D eigenvalue weighted by Gasteiger charge is -2.44. The van der Waals surface area contributed by atoms with E-state index in [0.717, 1.165) is 70.3 Å². The van der Waals surface area contributed by atoms with Gasteiger partial charge in [-0.2, -0.15) is 0 Å². The van der Waals surface area contributed by atoms with E-state index in [1.165, 1.54) is 5.56 Å². The van der Waals surface area contributed by atoms with E-state index in [1.807, 2.05) is 7.05 Å². The van der Waals surface area contributed by atoms with Gasteiger partial charge in [0.1, 0.15) is 12.4 Å². The number of hydrogen-bond donors (Lipinski definition) is 1. The summed E-state index contributed by atoms with van der Waals surface area (Å²) in [4.78, 5) is 17.5. The number of ether oxygens (including phenoxy) is 2. The maximum Gasteiger partial charge on any atom is 0.237 e. The maximum atomic E-state index is 12.8. The zero-order chi connectivity index (χ0) is 21.2. The molecule has 1 amide bonds. The molecule has 1 saturated carbocycles. The highest BCUT2D eigenvalue weighted by Gasteiger charge is 2.37. The van der Waals surface area contributed by atoms with Crippen LogP contribution < -0.4 is 10.1 Å². The number of amides is 1. The Morgan fingerprint density at radius 1 is 1.03 bits per heavy atom. The van der Waals surface area contributed by atoms with Crippen LogP contribution in [0.4, 0.5) is 0 Å². The molecule has 2 bridgehead atoms. The summed E-state index contributed by atoms with van der Waals surface area (Å²) >= 11 is 0. The number of benzene rings is 1. The minimum absolute atomic E-state index is 0.0427. The average Bonchev–Trinajstić information content (AvgIpc) is 2.80. The SMILES string of the molecule is CN1CC[C@H]1C(=O)N[C@H]1CCCN2CCOc3ccccc3C3CCC(CC3)OC[C@@H]12. The molecule has 6 nitrogen and oxygen atoms in total. The quantitative estimate of drug-likeness (QED) is 0.787. The molecule has 6 rings (SSSR count). The summed E-state index contributed by atoms with van der Waals surface area (Å²) in [6.07, 6.45) is 7.97. The van der Waals surface area contributed by atoms with Crippen LogP contribution in [0, 0.1) is 0 Å². The van der Waals surface area contributed by atoms with Crippen LogP contribution in [0.15, 0.2) is 24.3 Å². The van der Waals surface area contributed by atoms with Crippen LogP contribution in [0.25, 0.3) is 0 Å².